The second-order valence-corrected chi connectivity index (χ2v) is 6.50. The zero-order valence-electron chi connectivity index (χ0n) is 14.9. The van der Waals surface area contributed by atoms with E-state index >= 15 is 0 Å². The number of carbonyl (C=O) groups is 1. The van der Waals surface area contributed by atoms with Crippen molar-refractivity contribution in [1.82, 2.24) is 15.2 Å². The van der Waals surface area contributed by atoms with Crippen LogP contribution in [0.1, 0.15) is 34.5 Å². The van der Waals surface area contributed by atoms with Gasteiger partial charge in [0.05, 0.1) is 6.20 Å². The van der Waals surface area contributed by atoms with Crippen molar-refractivity contribution in [1.29, 1.82) is 0 Å². The quantitative estimate of drug-likeness (QED) is 0.910. The first kappa shape index (κ1) is 17.4. The first-order chi connectivity index (χ1) is 12.2. The zero-order chi connectivity index (χ0) is 17.6. The van der Waals surface area contributed by atoms with Gasteiger partial charge in [0, 0.05) is 30.4 Å². The summed E-state index contributed by atoms with van der Waals surface area (Å²) >= 11 is 0. The number of likely N-dealkylation sites (N-methyl/N-ethyl adjacent to an activating group) is 1. The first-order valence-electron chi connectivity index (χ1n) is 8.76. The molecule has 1 unspecified atom stereocenters. The summed E-state index contributed by atoms with van der Waals surface area (Å²) in [7, 11) is 1.95. The van der Waals surface area contributed by atoms with E-state index in [9.17, 15) is 4.79 Å². The van der Waals surface area contributed by atoms with Gasteiger partial charge < -0.3 is 15.0 Å². The van der Waals surface area contributed by atoms with Gasteiger partial charge in [-0.1, -0.05) is 12.1 Å². The van der Waals surface area contributed by atoms with Crippen LogP contribution in [0.15, 0.2) is 42.6 Å². The van der Waals surface area contributed by atoms with Crippen molar-refractivity contribution in [2.24, 2.45) is 0 Å². The molecule has 0 bridgehead atoms. The molecule has 5 nitrogen and oxygen atoms in total. The lowest BCUT2D eigenvalue weighted by Crippen LogP contribution is -2.46. The average molecular weight is 339 g/mol. The molecule has 0 aliphatic carbocycles. The summed E-state index contributed by atoms with van der Waals surface area (Å²) in [4.78, 5) is 18.9. The van der Waals surface area contributed by atoms with E-state index in [-0.39, 0.29) is 5.91 Å². The second-order valence-electron chi connectivity index (χ2n) is 6.50. The van der Waals surface area contributed by atoms with Gasteiger partial charge in [0.2, 0.25) is 0 Å². The molecule has 132 valence electrons. The maximum atomic E-state index is 12.8. The number of hydrogen-bond acceptors (Lipinski definition) is 4. The van der Waals surface area contributed by atoms with Crippen molar-refractivity contribution >= 4 is 5.91 Å². The highest BCUT2D eigenvalue weighted by Gasteiger charge is 2.23. The number of aryl methyl sites for hydroxylation is 1. The van der Waals surface area contributed by atoms with E-state index in [1.54, 1.807) is 6.20 Å². The number of carbonyl (C=O) groups excluding carboxylic acids is 1. The molecular formula is C20H25N3O2. The normalized spacial score (nSPS) is 17.4. The van der Waals surface area contributed by atoms with Crippen molar-refractivity contribution in [3.63, 3.8) is 0 Å². The Morgan fingerprint density at radius 1 is 1.36 bits per heavy atom. The van der Waals surface area contributed by atoms with Gasteiger partial charge in [0.15, 0.2) is 0 Å². The van der Waals surface area contributed by atoms with Crippen LogP contribution in [0, 0.1) is 6.92 Å². The molecule has 1 fully saturated rings. The Balaban J connectivity index is 1.64. The third-order valence-electron chi connectivity index (χ3n) is 4.58. The summed E-state index contributed by atoms with van der Waals surface area (Å²) in [6.07, 6.45) is 3.88. The molecule has 1 aliphatic heterocycles. The molecule has 0 spiro atoms. The van der Waals surface area contributed by atoms with Gasteiger partial charge in [-0.25, -0.2) is 0 Å². The molecule has 2 aromatic rings. The van der Waals surface area contributed by atoms with E-state index in [1.807, 2.05) is 55.3 Å². The molecule has 1 amide bonds. The van der Waals surface area contributed by atoms with Gasteiger partial charge >= 0.3 is 0 Å². The highest BCUT2D eigenvalue weighted by atomic mass is 16.5. The summed E-state index contributed by atoms with van der Waals surface area (Å²) in [6.45, 7) is 3.96. The van der Waals surface area contributed by atoms with Gasteiger partial charge in [-0.15, -0.1) is 0 Å². The smallest absolute Gasteiger partial charge is 0.253 e. The largest absolute Gasteiger partial charge is 0.487 e. The number of likely N-dealkylation sites (tertiary alicyclic amines) is 1. The summed E-state index contributed by atoms with van der Waals surface area (Å²) in [5.41, 5.74) is 2.66. The maximum Gasteiger partial charge on any atom is 0.253 e. The Labute approximate surface area is 149 Å². The Morgan fingerprint density at radius 3 is 3.00 bits per heavy atom. The van der Waals surface area contributed by atoms with E-state index in [1.165, 1.54) is 0 Å². The predicted octanol–water partition coefficient (Wildman–Crippen LogP) is 2.79. The monoisotopic (exact) mass is 339 g/mol. The minimum atomic E-state index is 0.0961. The Bertz CT molecular complexity index is 715. The Kier molecular flexibility index (Phi) is 5.66. The molecule has 25 heavy (non-hydrogen) atoms. The average Bonchev–Trinajstić information content (AvgIpc) is 2.67. The molecule has 1 saturated heterocycles. The zero-order valence-corrected chi connectivity index (χ0v) is 14.9. The van der Waals surface area contributed by atoms with Crippen LogP contribution < -0.4 is 10.1 Å². The van der Waals surface area contributed by atoms with Gasteiger partial charge in [-0.3, -0.25) is 9.78 Å². The van der Waals surface area contributed by atoms with Crippen molar-refractivity contribution < 1.29 is 9.53 Å². The molecule has 0 radical (unpaired) electrons. The Morgan fingerprint density at radius 2 is 2.24 bits per heavy atom. The molecule has 1 N–H and O–H groups in total. The van der Waals surface area contributed by atoms with Crippen molar-refractivity contribution in [3.05, 3.63) is 59.4 Å². The van der Waals surface area contributed by atoms with Gasteiger partial charge in [-0.2, -0.15) is 0 Å². The summed E-state index contributed by atoms with van der Waals surface area (Å²) in [6, 6.07) is 11.9. The molecule has 0 saturated carbocycles. The number of ether oxygens (including phenoxy) is 1. The number of rotatable bonds is 5. The van der Waals surface area contributed by atoms with Crippen LogP contribution in [0.4, 0.5) is 0 Å². The molecule has 1 aromatic heterocycles. The maximum absolute atomic E-state index is 12.8. The highest BCUT2D eigenvalue weighted by molar-refractivity contribution is 5.94. The summed E-state index contributed by atoms with van der Waals surface area (Å²) in [5.74, 6) is 0.828. The van der Waals surface area contributed by atoms with Gasteiger partial charge in [0.25, 0.3) is 5.91 Å². The number of nitrogens with one attached hydrogen (secondary N) is 1. The van der Waals surface area contributed by atoms with Gasteiger partial charge in [-0.05, 0) is 56.6 Å². The van der Waals surface area contributed by atoms with Crippen LogP contribution in [0.5, 0.6) is 5.75 Å². The van der Waals surface area contributed by atoms with Crippen molar-refractivity contribution in [3.8, 4) is 5.75 Å². The number of amides is 1. The highest BCUT2D eigenvalue weighted by Crippen LogP contribution is 2.16. The molecule has 2 heterocycles. The van der Waals surface area contributed by atoms with Crippen molar-refractivity contribution in [2.75, 3.05) is 20.1 Å². The lowest BCUT2D eigenvalue weighted by molar-refractivity contribution is 0.0698. The lowest BCUT2D eigenvalue weighted by atomic mass is 10.0. The van der Waals surface area contributed by atoms with E-state index in [4.69, 9.17) is 4.74 Å². The summed E-state index contributed by atoms with van der Waals surface area (Å²) < 4.78 is 5.76. The van der Waals surface area contributed by atoms with E-state index in [0.29, 0.717) is 12.6 Å². The van der Waals surface area contributed by atoms with E-state index < -0.39 is 0 Å². The first-order valence-corrected chi connectivity index (χ1v) is 8.76. The molecule has 1 atom stereocenters. The van der Waals surface area contributed by atoms with Crippen LogP contribution >= 0.6 is 0 Å². The van der Waals surface area contributed by atoms with Crippen LogP contribution in [0.25, 0.3) is 0 Å². The minimum Gasteiger partial charge on any atom is -0.487 e. The summed E-state index contributed by atoms with van der Waals surface area (Å²) in [5, 5.41) is 3.27. The molecular weight excluding hydrogens is 314 g/mol. The second kappa shape index (κ2) is 8.12. The fourth-order valence-corrected chi connectivity index (χ4v) is 3.08. The molecule has 1 aliphatic rings. The number of nitrogens with zero attached hydrogens (tertiary/aromatic N) is 2. The molecule has 5 heteroatoms. The number of hydrogen-bond donors (Lipinski definition) is 1. The lowest BCUT2D eigenvalue weighted by Gasteiger charge is -2.32. The number of pyridine rings is 1. The van der Waals surface area contributed by atoms with Crippen LogP contribution in [0.2, 0.25) is 0 Å². The van der Waals surface area contributed by atoms with Crippen LogP contribution in [0.3, 0.4) is 0 Å². The molecule has 1 aromatic carbocycles. The van der Waals surface area contributed by atoms with E-state index in [2.05, 4.69) is 10.3 Å². The third-order valence-corrected chi connectivity index (χ3v) is 4.58. The Hall–Kier alpha value is -2.40. The number of benzene rings is 1. The van der Waals surface area contributed by atoms with Crippen LogP contribution in [-0.4, -0.2) is 42.0 Å². The minimum absolute atomic E-state index is 0.0961. The van der Waals surface area contributed by atoms with E-state index in [0.717, 1.165) is 48.5 Å². The van der Waals surface area contributed by atoms with Crippen LogP contribution in [-0.2, 0) is 6.61 Å². The third kappa shape index (κ3) is 4.57. The SMILES string of the molecule is CNC1CCCN(C(=O)c2cccc(COc3ccc(C)nc3)c2)C1. The van der Waals surface area contributed by atoms with Gasteiger partial charge in [0.1, 0.15) is 12.4 Å². The topological polar surface area (TPSA) is 54.5 Å². The predicted molar refractivity (Wildman–Crippen MR) is 97.7 cm³/mol. The standard InChI is InChI=1S/C20H25N3O2/c1-15-8-9-19(12-22-15)25-14-16-5-3-6-17(11-16)20(24)23-10-4-7-18(13-23)21-2/h3,5-6,8-9,11-12,18,21H,4,7,10,13-14H2,1-2H3. The fourth-order valence-electron chi connectivity index (χ4n) is 3.08. The molecule has 3 rings (SSSR count). The number of piperidine rings is 1. The van der Waals surface area contributed by atoms with Crippen molar-refractivity contribution in [2.45, 2.75) is 32.4 Å². The fraction of sp³-hybridized carbons (Fsp3) is 0.400. The number of aromatic nitrogens is 1.